The average molecular weight is 353 g/mol. The monoisotopic (exact) mass is 353 g/mol. The zero-order valence-electron chi connectivity index (χ0n) is 15.0. The molecule has 2 aromatic carbocycles. The second kappa shape index (κ2) is 7.91. The van der Waals surface area contributed by atoms with Crippen molar-refractivity contribution in [3.05, 3.63) is 54.1 Å². The number of benzene rings is 2. The van der Waals surface area contributed by atoms with Gasteiger partial charge in [-0.3, -0.25) is 4.79 Å². The summed E-state index contributed by atoms with van der Waals surface area (Å²) < 4.78 is 5.42. The molecule has 0 saturated carbocycles. The normalized spacial score (nSPS) is 16.5. The van der Waals surface area contributed by atoms with Gasteiger partial charge in [0.1, 0.15) is 5.75 Å². The summed E-state index contributed by atoms with van der Waals surface area (Å²) in [7, 11) is 0. The van der Waals surface area contributed by atoms with E-state index in [2.05, 4.69) is 10.6 Å². The number of amides is 3. The Morgan fingerprint density at radius 1 is 1.15 bits per heavy atom. The second-order valence-corrected chi connectivity index (χ2v) is 6.30. The number of hydrogen-bond acceptors (Lipinski definition) is 3. The minimum absolute atomic E-state index is 0.00482. The SMILES string of the molecule is CCOc1ccc(N2C[C@@H](NC(=O)Nc3ccc(C)cc3)CC2=O)cc1. The maximum Gasteiger partial charge on any atom is 0.319 e. The Labute approximate surface area is 153 Å². The lowest BCUT2D eigenvalue weighted by Gasteiger charge is -2.18. The first-order chi connectivity index (χ1) is 12.5. The number of carbonyl (C=O) groups is 2. The van der Waals surface area contributed by atoms with Crippen LogP contribution >= 0.6 is 0 Å². The fourth-order valence-corrected chi connectivity index (χ4v) is 2.93. The van der Waals surface area contributed by atoms with E-state index >= 15 is 0 Å². The molecule has 1 atom stereocenters. The molecule has 1 fully saturated rings. The molecule has 6 nitrogen and oxygen atoms in total. The van der Waals surface area contributed by atoms with Crippen molar-refractivity contribution in [3.8, 4) is 5.75 Å². The highest BCUT2D eigenvalue weighted by Gasteiger charge is 2.31. The lowest BCUT2D eigenvalue weighted by molar-refractivity contribution is -0.117. The molecule has 0 unspecified atom stereocenters. The van der Waals surface area contributed by atoms with E-state index < -0.39 is 0 Å². The molecule has 26 heavy (non-hydrogen) atoms. The maximum atomic E-state index is 12.3. The van der Waals surface area contributed by atoms with Gasteiger partial charge in [0.2, 0.25) is 5.91 Å². The van der Waals surface area contributed by atoms with Gasteiger partial charge in [-0.1, -0.05) is 17.7 Å². The first kappa shape index (κ1) is 17.8. The molecular weight excluding hydrogens is 330 g/mol. The summed E-state index contributed by atoms with van der Waals surface area (Å²) in [5.74, 6) is 0.768. The van der Waals surface area contributed by atoms with Crippen LogP contribution in [0, 0.1) is 6.92 Å². The number of rotatable bonds is 5. The Morgan fingerprint density at radius 2 is 1.85 bits per heavy atom. The lowest BCUT2D eigenvalue weighted by Crippen LogP contribution is -2.39. The van der Waals surface area contributed by atoms with Gasteiger partial charge in [0.15, 0.2) is 0 Å². The summed E-state index contributed by atoms with van der Waals surface area (Å²) in [6.07, 6.45) is 0.286. The number of urea groups is 1. The number of nitrogens with zero attached hydrogens (tertiary/aromatic N) is 1. The molecule has 1 saturated heterocycles. The van der Waals surface area contributed by atoms with Gasteiger partial charge in [-0.15, -0.1) is 0 Å². The van der Waals surface area contributed by atoms with E-state index in [-0.39, 0.29) is 24.4 Å². The fourth-order valence-electron chi connectivity index (χ4n) is 2.93. The largest absolute Gasteiger partial charge is 0.494 e. The van der Waals surface area contributed by atoms with E-state index in [1.165, 1.54) is 0 Å². The van der Waals surface area contributed by atoms with Gasteiger partial charge < -0.3 is 20.3 Å². The number of aryl methyl sites for hydroxylation is 1. The molecule has 1 aliphatic heterocycles. The summed E-state index contributed by atoms with van der Waals surface area (Å²) in [5, 5.41) is 5.66. The Hall–Kier alpha value is -3.02. The third-order valence-corrected chi connectivity index (χ3v) is 4.23. The van der Waals surface area contributed by atoms with Crippen molar-refractivity contribution in [2.45, 2.75) is 26.3 Å². The van der Waals surface area contributed by atoms with Crippen molar-refractivity contribution in [3.63, 3.8) is 0 Å². The molecule has 136 valence electrons. The van der Waals surface area contributed by atoms with Crippen molar-refractivity contribution < 1.29 is 14.3 Å². The highest BCUT2D eigenvalue weighted by molar-refractivity contribution is 5.97. The highest BCUT2D eigenvalue weighted by Crippen LogP contribution is 2.24. The zero-order valence-corrected chi connectivity index (χ0v) is 15.0. The molecule has 3 rings (SSSR count). The van der Waals surface area contributed by atoms with Crippen LogP contribution in [0.1, 0.15) is 18.9 Å². The summed E-state index contributed by atoms with van der Waals surface area (Å²) in [5.41, 5.74) is 2.66. The molecule has 1 aliphatic rings. The first-order valence-electron chi connectivity index (χ1n) is 8.72. The number of anilines is 2. The number of carbonyl (C=O) groups excluding carboxylic acids is 2. The van der Waals surface area contributed by atoms with Gasteiger partial charge in [-0.05, 0) is 50.2 Å². The molecule has 3 amide bonds. The van der Waals surface area contributed by atoms with Crippen LogP contribution in [-0.4, -0.2) is 31.1 Å². The third-order valence-electron chi connectivity index (χ3n) is 4.23. The van der Waals surface area contributed by atoms with Crippen molar-refractivity contribution in [2.75, 3.05) is 23.4 Å². The van der Waals surface area contributed by atoms with Crippen LogP contribution in [0.15, 0.2) is 48.5 Å². The van der Waals surface area contributed by atoms with Gasteiger partial charge in [-0.25, -0.2) is 4.79 Å². The predicted molar refractivity (Wildman–Crippen MR) is 102 cm³/mol. The van der Waals surface area contributed by atoms with E-state index in [0.717, 1.165) is 22.7 Å². The van der Waals surface area contributed by atoms with Crippen LogP contribution in [0.2, 0.25) is 0 Å². The average Bonchev–Trinajstić information content (AvgIpc) is 2.98. The minimum Gasteiger partial charge on any atom is -0.494 e. The van der Waals surface area contributed by atoms with Crippen LogP contribution < -0.4 is 20.3 Å². The van der Waals surface area contributed by atoms with Crippen molar-refractivity contribution in [1.29, 1.82) is 0 Å². The van der Waals surface area contributed by atoms with Crippen LogP contribution in [0.3, 0.4) is 0 Å². The Balaban J connectivity index is 1.56. The molecule has 2 aromatic rings. The zero-order chi connectivity index (χ0) is 18.5. The van der Waals surface area contributed by atoms with Crippen molar-refractivity contribution >= 4 is 23.3 Å². The van der Waals surface area contributed by atoms with Crippen LogP contribution in [0.5, 0.6) is 5.75 Å². The molecule has 0 aliphatic carbocycles. The molecule has 2 N–H and O–H groups in total. The van der Waals surface area contributed by atoms with Gasteiger partial charge in [0.25, 0.3) is 0 Å². The van der Waals surface area contributed by atoms with Crippen LogP contribution in [-0.2, 0) is 4.79 Å². The maximum absolute atomic E-state index is 12.3. The van der Waals surface area contributed by atoms with E-state index in [4.69, 9.17) is 4.74 Å². The summed E-state index contributed by atoms with van der Waals surface area (Å²) in [6, 6.07) is 14.4. The molecule has 0 radical (unpaired) electrons. The second-order valence-electron chi connectivity index (χ2n) is 6.30. The van der Waals surface area contributed by atoms with Gasteiger partial charge in [0.05, 0.1) is 12.6 Å². The molecule has 0 spiro atoms. The number of nitrogens with one attached hydrogen (secondary N) is 2. The Kier molecular flexibility index (Phi) is 5.41. The number of hydrogen-bond donors (Lipinski definition) is 2. The van der Waals surface area contributed by atoms with Gasteiger partial charge in [-0.2, -0.15) is 0 Å². The van der Waals surface area contributed by atoms with Gasteiger partial charge in [0, 0.05) is 24.3 Å². The Bertz CT molecular complexity index is 772. The van der Waals surface area contributed by atoms with Gasteiger partial charge >= 0.3 is 6.03 Å². The smallest absolute Gasteiger partial charge is 0.319 e. The Morgan fingerprint density at radius 3 is 2.50 bits per heavy atom. The van der Waals surface area contributed by atoms with Crippen molar-refractivity contribution in [2.24, 2.45) is 0 Å². The summed E-state index contributed by atoms with van der Waals surface area (Å²) in [4.78, 5) is 26.1. The predicted octanol–water partition coefficient (Wildman–Crippen LogP) is 3.32. The van der Waals surface area contributed by atoms with E-state index in [9.17, 15) is 9.59 Å². The molecule has 0 aromatic heterocycles. The van der Waals surface area contributed by atoms with E-state index in [1.807, 2.05) is 62.4 Å². The fraction of sp³-hybridized carbons (Fsp3) is 0.300. The molecule has 1 heterocycles. The van der Waals surface area contributed by atoms with Crippen LogP contribution in [0.4, 0.5) is 16.2 Å². The third kappa shape index (κ3) is 4.33. The standard InChI is InChI=1S/C20H23N3O3/c1-3-26-18-10-8-17(9-11-18)23-13-16(12-19(23)24)22-20(25)21-15-6-4-14(2)5-7-15/h4-11,16H,3,12-13H2,1-2H3,(H2,21,22,25)/t16-/m0/s1. The van der Waals surface area contributed by atoms with Crippen LogP contribution in [0.25, 0.3) is 0 Å². The minimum atomic E-state index is -0.305. The molecular formula is C20H23N3O3. The lowest BCUT2D eigenvalue weighted by atomic mass is 10.2. The van der Waals surface area contributed by atoms with Crippen molar-refractivity contribution in [1.82, 2.24) is 5.32 Å². The summed E-state index contributed by atoms with van der Waals surface area (Å²) >= 11 is 0. The summed E-state index contributed by atoms with van der Waals surface area (Å²) in [6.45, 7) is 4.97. The van der Waals surface area contributed by atoms with E-state index in [1.54, 1.807) is 4.90 Å². The topological polar surface area (TPSA) is 70.7 Å². The quantitative estimate of drug-likeness (QED) is 0.866. The number of ether oxygens (including phenoxy) is 1. The first-order valence-corrected chi connectivity index (χ1v) is 8.72. The van der Waals surface area contributed by atoms with E-state index in [0.29, 0.717) is 13.2 Å². The highest BCUT2D eigenvalue weighted by atomic mass is 16.5. The molecule has 6 heteroatoms. The molecule has 0 bridgehead atoms.